The quantitative estimate of drug-likeness (QED) is 0.428. The first-order valence-corrected chi connectivity index (χ1v) is 11.2. The van der Waals surface area contributed by atoms with Crippen LogP contribution >= 0.6 is 0 Å². The number of benzene rings is 2. The van der Waals surface area contributed by atoms with Gasteiger partial charge in [-0.05, 0) is 43.4 Å². The molecule has 1 saturated heterocycles. The summed E-state index contributed by atoms with van der Waals surface area (Å²) in [6.07, 6.45) is 7.00. The van der Waals surface area contributed by atoms with Crippen LogP contribution in [0.1, 0.15) is 61.8 Å². The molecule has 4 rings (SSSR count). The summed E-state index contributed by atoms with van der Waals surface area (Å²) in [6.45, 7) is 4.50. The molecular formula is C26H28F2N2O2. The zero-order valence-corrected chi connectivity index (χ0v) is 18.5. The maximum Gasteiger partial charge on any atom is 0.200 e. The van der Waals surface area contributed by atoms with Crippen LogP contribution in [-0.2, 0) is 11.2 Å². The highest BCUT2D eigenvalue weighted by Gasteiger charge is 2.28. The zero-order chi connectivity index (χ0) is 22.5. The fourth-order valence-electron chi connectivity index (χ4n) is 4.15. The van der Waals surface area contributed by atoms with Crippen molar-refractivity contribution in [1.82, 2.24) is 9.97 Å². The fourth-order valence-corrected chi connectivity index (χ4v) is 4.15. The third-order valence-electron chi connectivity index (χ3n) is 5.89. The Balaban J connectivity index is 1.40. The Kier molecular flexibility index (Phi) is 7.10. The lowest BCUT2D eigenvalue weighted by Gasteiger charge is -2.29. The number of rotatable bonds is 7. The van der Waals surface area contributed by atoms with Gasteiger partial charge in [0.2, 0.25) is 5.82 Å². The monoisotopic (exact) mass is 438 g/mol. The molecule has 3 aromatic rings. The van der Waals surface area contributed by atoms with Crippen LogP contribution in [-0.4, -0.2) is 23.2 Å². The number of nitrogens with zero attached hydrogens (tertiary/aromatic N) is 2. The fraction of sp³-hybridized carbons (Fsp3) is 0.385. The topological polar surface area (TPSA) is 44.2 Å². The highest BCUT2D eigenvalue weighted by atomic mass is 19.2. The first kappa shape index (κ1) is 22.3. The van der Waals surface area contributed by atoms with Crippen LogP contribution < -0.4 is 4.74 Å². The van der Waals surface area contributed by atoms with Crippen molar-refractivity contribution >= 4 is 0 Å². The number of ether oxygens (including phenoxy) is 2. The molecule has 0 N–H and O–H groups in total. The first-order valence-electron chi connectivity index (χ1n) is 11.2. The van der Waals surface area contributed by atoms with E-state index in [1.54, 1.807) is 25.4 Å². The van der Waals surface area contributed by atoms with Gasteiger partial charge in [-0.15, -0.1) is 0 Å². The van der Waals surface area contributed by atoms with Crippen molar-refractivity contribution in [2.24, 2.45) is 0 Å². The van der Waals surface area contributed by atoms with Crippen LogP contribution in [0, 0.1) is 11.6 Å². The van der Waals surface area contributed by atoms with E-state index in [9.17, 15) is 8.78 Å². The van der Waals surface area contributed by atoms with Crippen molar-refractivity contribution in [3.8, 4) is 17.1 Å². The maximum atomic E-state index is 14.5. The maximum absolute atomic E-state index is 14.5. The number of halogens is 2. The average molecular weight is 439 g/mol. The van der Waals surface area contributed by atoms with Gasteiger partial charge in [-0.25, -0.2) is 14.4 Å². The highest BCUT2D eigenvalue weighted by Crippen LogP contribution is 2.37. The van der Waals surface area contributed by atoms with Gasteiger partial charge in [0.25, 0.3) is 0 Å². The first-order chi connectivity index (χ1) is 15.6. The largest absolute Gasteiger partial charge is 0.491 e. The van der Waals surface area contributed by atoms with Gasteiger partial charge in [-0.2, -0.15) is 4.39 Å². The highest BCUT2D eigenvalue weighted by molar-refractivity contribution is 5.55. The van der Waals surface area contributed by atoms with Crippen molar-refractivity contribution < 1.29 is 18.3 Å². The molecule has 0 bridgehead atoms. The third kappa shape index (κ3) is 4.80. The van der Waals surface area contributed by atoms with E-state index in [0.29, 0.717) is 30.8 Å². The predicted molar refractivity (Wildman–Crippen MR) is 120 cm³/mol. The van der Waals surface area contributed by atoms with E-state index in [0.717, 1.165) is 24.0 Å². The number of hydrogen-bond acceptors (Lipinski definition) is 4. The second-order valence-corrected chi connectivity index (χ2v) is 8.10. The summed E-state index contributed by atoms with van der Waals surface area (Å²) in [5.74, 6) is -1.35. The van der Waals surface area contributed by atoms with Crippen LogP contribution in [0.4, 0.5) is 8.78 Å². The van der Waals surface area contributed by atoms with Gasteiger partial charge in [0, 0.05) is 29.4 Å². The summed E-state index contributed by atoms with van der Waals surface area (Å²) in [7, 11) is 0. The Labute approximate surface area is 187 Å². The Bertz CT molecular complexity index is 1030. The van der Waals surface area contributed by atoms with E-state index >= 15 is 0 Å². The summed E-state index contributed by atoms with van der Waals surface area (Å²) in [4.78, 5) is 9.03. The van der Waals surface area contributed by atoms with E-state index in [4.69, 9.17) is 9.47 Å². The molecular weight excluding hydrogens is 410 g/mol. The van der Waals surface area contributed by atoms with Crippen LogP contribution in [0.15, 0.2) is 48.8 Å². The molecule has 0 spiro atoms. The minimum Gasteiger partial charge on any atom is -0.491 e. The van der Waals surface area contributed by atoms with Gasteiger partial charge < -0.3 is 9.47 Å². The summed E-state index contributed by atoms with van der Waals surface area (Å²) in [5, 5.41) is 0. The Morgan fingerprint density at radius 3 is 2.34 bits per heavy atom. The van der Waals surface area contributed by atoms with Crippen LogP contribution in [0.2, 0.25) is 0 Å². The van der Waals surface area contributed by atoms with Crippen molar-refractivity contribution in [3.05, 3.63) is 77.1 Å². The Hall–Kier alpha value is -2.86. The smallest absolute Gasteiger partial charge is 0.200 e. The van der Waals surface area contributed by atoms with Gasteiger partial charge in [-0.3, -0.25) is 0 Å². The van der Waals surface area contributed by atoms with Crippen LogP contribution in [0.5, 0.6) is 5.75 Å². The van der Waals surface area contributed by atoms with Crippen molar-refractivity contribution in [1.29, 1.82) is 0 Å². The molecule has 2 atom stereocenters. The molecule has 2 aromatic carbocycles. The summed E-state index contributed by atoms with van der Waals surface area (Å²) >= 11 is 0. The molecule has 2 unspecified atom stereocenters. The summed E-state index contributed by atoms with van der Waals surface area (Å²) < 4.78 is 39.9. The lowest BCUT2D eigenvalue weighted by Crippen LogP contribution is -2.21. The van der Waals surface area contributed by atoms with Crippen LogP contribution in [0.25, 0.3) is 11.4 Å². The zero-order valence-electron chi connectivity index (χ0n) is 18.5. The lowest BCUT2D eigenvalue weighted by molar-refractivity contribution is 0.00123. The minimum absolute atomic E-state index is 0.0550. The number of aryl methyl sites for hydroxylation is 1. The minimum atomic E-state index is -0.932. The Morgan fingerprint density at radius 2 is 1.72 bits per heavy atom. The van der Waals surface area contributed by atoms with Gasteiger partial charge in [0.1, 0.15) is 0 Å². The van der Waals surface area contributed by atoms with E-state index in [2.05, 4.69) is 29.0 Å². The van der Waals surface area contributed by atoms with Crippen molar-refractivity contribution in [3.63, 3.8) is 0 Å². The van der Waals surface area contributed by atoms with E-state index in [1.807, 2.05) is 12.1 Å². The van der Waals surface area contributed by atoms with Gasteiger partial charge in [-0.1, -0.05) is 43.7 Å². The van der Waals surface area contributed by atoms with Crippen LogP contribution in [0.3, 0.4) is 0 Å². The molecule has 1 aliphatic heterocycles. The molecule has 6 heteroatoms. The van der Waals surface area contributed by atoms with Crippen molar-refractivity contribution in [2.75, 3.05) is 13.2 Å². The molecule has 1 aliphatic rings. The predicted octanol–water partition coefficient (Wildman–Crippen LogP) is 6.41. The van der Waals surface area contributed by atoms with E-state index in [-0.39, 0.29) is 24.4 Å². The normalized spacial score (nSPS) is 18.5. The molecule has 1 aromatic heterocycles. The van der Waals surface area contributed by atoms with E-state index in [1.165, 1.54) is 11.6 Å². The molecule has 32 heavy (non-hydrogen) atoms. The molecule has 0 amide bonds. The molecule has 0 aliphatic carbocycles. The molecule has 0 radical (unpaired) electrons. The standard InChI is InChI=1S/C26H28F2N2O2/c1-3-5-17-6-8-18(9-7-17)26-29-14-20(15-30-26)22-12-10-19(16-32-22)21-11-13-23(31-4-2)25(28)24(21)27/h6-9,11,13-15,19,22H,3-5,10,12,16H2,1-2H3. The molecule has 4 nitrogen and oxygen atoms in total. The lowest BCUT2D eigenvalue weighted by atomic mass is 9.89. The SMILES string of the molecule is CCCc1ccc(-c2ncc(C3CCC(c4ccc(OCC)c(F)c4F)CO3)cn2)cc1. The second-order valence-electron chi connectivity index (χ2n) is 8.10. The van der Waals surface area contributed by atoms with Crippen molar-refractivity contribution in [2.45, 2.75) is 51.6 Å². The molecule has 1 fully saturated rings. The molecule has 0 saturated carbocycles. The summed E-state index contributed by atoms with van der Waals surface area (Å²) in [5.41, 5.74) is 3.52. The Morgan fingerprint density at radius 1 is 0.969 bits per heavy atom. The van der Waals surface area contributed by atoms with Gasteiger partial charge in [0.05, 0.1) is 19.3 Å². The van der Waals surface area contributed by atoms with Gasteiger partial charge in [0.15, 0.2) is 17.4 Å². The average Bonchev–Trinajstić information content (AvgIpc) is 2.83. The number of aromatic nitrogens is 2. The second kappa shape index (κ2) is 10.2. The van der Waals surface area contributed by atoms with E-state index < -0.39 is 11.6 Å². The van der Waals surface area contributed by atoms with Gasteiger partial charge >= 0.3 is 0 Å². The molecule has 2 heterocycles. The molecule has 168 valence electrons. The number of hydrogen-bond donors (Lipinski definition) is 0. The third-order valence-corrected chi connectivity index (χ3v) is 5.89. The summed E-state index contributed by atoms with van der Waals surface area (Å²) in [6, 6.07) is 11.4.